The summed E-state index contributed by atoms with van der Waals surface area (Å²) in [7, 11) is 0. The van der Waals surface area contributed by atoms with Crippen LogP contribution in [0.3, 0.4) is 0 Å². The molecule has 2 aromatic rings. The Kier molecular flexibility index (Phi) is 4.25. The molecular weight excluding hydrogens is 249 g/mol. The first-order valence-corrected chi connectivity index (χ1v) is 6.36. The summed E-state index contributed by atoms with van der Waals surface area (Å²) in [5.74, 6) is -0.435. The van der Waals surface area contributed by atoms with Gasteiger partial charge in [0.05, 0.1) is 0 Å². The Morgan fingerprint density at radius 2 is 2.06 bits per heavy atom. The van der Waals surface area contributed by atoms with Crippen molar-refractivity contribution in [3.8, 4) is 0 Å². The minimum Gasteiger partial charge on any atom is -0.348 e. The number of rotatable bonds is 4. The maximum absolute atomic E-state index is 12.7. The number of thiophene rings is 1. The fourth-order valence-corrected chi connectivity index (χ4v) is 2.01. The molecule has 0 spiro atoms. The first kappa shape index (κ1) is 12.5. The number of hydrogen-bond donors (Lipinski definition) is 1. The van der Waals surface area contributed by atoms with E-state index in [1.807, 2.05) is 17.5 Å². The standard InChI is InChI=1S/C14H12FNOS/c15-12-5-3-11(4-6-12)10-16-14(17)8-7-13-2-1-9-18-13/h1-9H,10H2,(H,16,17). The van der Waals surface area contributed by atoms with Gasteiger partial charge in [-0.05, 0) is 35.2 Å². The molecule has 1 aromatic heterocycles. The van der Waals surface area contributed by atoms with Crippen LogP contribution in [0.25, 0.3) is 6.08 Å². The van der Waals surface area contributed by atoms with Gasteiger partial charge in [0.25, 0.3) is 0 Å². The maximum Gasteiger partial charge on any atom is 0.244 e. The summed E-state index contributed by atoms with van der Waals surface area (Å²) in [6.45, 7) is 0.397. The highest BCUT2D eigenvalue weighted by Crippen LogP contribution is 2.09. The second-order valence-corrected chi connectivity index (χ2v) is 4.67. The molecule has 18 heavy (non-hydrogen) atoms. The third-order valence-corrected chi connectivity index (χ3v) is 3.16. The first-order valence-electron chi connectivity index (χ1n) is 5.48. The zero-order valence-electron chi connectivity index (χ0n) is 9.60. The van der Waals surface area contributed by atoms with Gasteiger partial charge in [0, 0.05) is 17.5 Å². The number of benzene rings is 1. The van der Waals surface area contributed by atoms with Crippen molar-refractivity contribution < 1.29 is 9.18 Å². The van der Waals surface area contributed by atoms with E-state index in [4.69, 9.17) is 0 Å². The zero-order valence-corrected chi connectivity index (χ0v) is 10.4. The van der Waals surface area contributed by atoms with Crippen LogP contribution in [-0.2, 0) is 11.3 Å². The number of carbonyl (C=O) groups is 1. The van der Waals surface area contributed by atoms with Crippen molar-refractivity contribution in [1.82, 2.24) is 5.32 Å². The monoisotopic (exact) mass is 261 g/mol. The lowest BCUT2D eigenvalue weighted by Gasteiger charge is -2.01. The number of nitrogens with one attached hydrogen (secondary N) is 1. The Morgan fingerprint density at radius 3 is 2.72 bits per heavy atom. The second-order valence-electron chi connectivity index (χ2n) is 3.69. The van der Waals surface area contributed by atoms with Crippen LogP contribution in [0.1, 0.15) is 10.4 Å². The first-order chi connectivity index (χ1) is 8.74. The van der Waals surface area contributed by atoms with E-state index in [0.29, 0.717) is 6.54 Å². The maximum atomic E-state index is 12.7. The van der Waals surface area contributed by atoms with Crippen molar-refractivity contribution in [2.45, 2.75) is 6.54 Å². The number of hydrogen-bond acceptors (Lipinski definition) is 2. The lowest BCUT2D eigenvalue weighted by molar-refractivity contribution is -0.116. The van der Waals surface area contributed by atoms with Crippen LogP contribution in [-0.4, -0.2) is 5.91 Å². The molecule has 1 aromatic carbocycles. The van der Waals surface area contributed by atoms with Crippen molar-refractivity contribution in [2.75, 3.05) is 0 Å². The van der Waals surface area contributed by atoms with Gasteiger partial charge in [0.1, 0.15) is 5.82 Å². The molecule has 0 saturated carbocycles. The summed E-state index contributed by atoms with van der Waals surface area (Å²) in [4.78, 5) is 12.5. The van der Waals surface area contributed by atoms with E-state index in [1.54, 1.807) is 29.5 Å². The molecule has 0 aliphatic rings. The highest BCUT2D eigenvalue weighted by molar-refractivity contribution is 7.10. The van der Waals surface area contributed by atoms with E-state index in [2.05, 4.69) is 5.32 Å². The predicted molar refractivity (Wildman–Crippen MR) is 71.6 cm³/mol. The average molecular weight is 261 g/mol. The van der Waals surface area contributed by atoms with E-state index < -0.39 is 0 Å². The summed E-state index contributed by atoms with van der Waals surface area (Å²) < 4.78 is 12.7. The van der Waals surface area contributed by atoms with Crippen LogP contribution in [0.4, 0.5) is 4.39 Å². The molecular formula is C14H12FNOS. The van der Waals surface area contributed by atoms with Crippen LogP contribution in [0.5, 0.6) is 0 Å². The lowest BCUT2D eigenvalue weighted by Crippen LogP contribution is -2.20. The molecule has 0 unspecified atom stereocenters. The van der Waals surface area contributed by atoms with Crippen LogP contribution in [0.2, 0.25) is 0 Å². The van der Waals surface area contributed by atoms with Gasteiger partial charge in [-0.15, -0.1) is 11.3 Å². The molecule has 2 nitrogen and oxygen atoms in total. The molecule has 1 N–H and O–H groups in total. The van der Waals surface area contributed by atoms with Gasteiger partial charge in [0.2, 0.25) is 5.91 Å². The van der Waals surface area contributed by atoms with Gasteiger partial charge < -0.3 is 5.32 Å². The average Bonchev–Trinajstić information content (AvgIpc) is 2.89. The van der Waals surface area contributed by atoms with Gasteiger partial charge in [-0.25, -0.2) is 4.39 Å². The third kappa shape index (κ3) is 3.82. The van der Waals surface area contributed by atoms with Gasteiger partial charge >= 0.3 is 0 Å². The molecule has 1 amide bonds. The van der Waals surface area contributed by atoms with E-state index >= 15 is 0 Å². The van der Waals surface area contributed by atoms with Crippen molar-refractivity contribution in [2.24, 2.45) is 0 Å². The van der Waals surface area contributed by atoms with Crippen molar-refractivity contribution in [3.05, 3.63) is 64.1 Å². The highest BCUT2D eigenvalue weighted by atomic mass is 32.1. The molecule has 0 bridgehead atoms. The number of carbonyl (C=O) groups excluding carboxylic acids is 1. The number of amides is 1. The molecule has 4 heteroatoms. The Morgan fingerprint density at radius 1 is 1.28 bits per heavy atom. The normalized spacial score (nSPS) is 10.7. The number of halogens is 1. The summed E-state index contributed by atoms with van der Waals surface area (Å²) in [6.07, 6.45) is 3.26. The Labute approximate surface area is 109 Å². The van der Waals surface area contributed by atoms with E-state index in [0.717, 1.165) is 10.4 Å². The minimum atomic E-state index is -0.275. The third-order valence-electron chi connectivity index (χ3n) is 2.32. The van der Waals surface area contributed by atoms with Crippen LogP contribution < -0.4 is 5.32 Å². The quantitative estimate of drug-likeness (QED) is 0.841. The minimum absolute atomic E-state index is 0.160. The summed E-state index contributed by atoms with van der Waals surface area (Å²) in [5.41, 5.74) is 0.870. The molecule has 0 atom stereocenters. The van der Waals surface area contributed by atoms with Gasteiger partial charge in [-0.1, -0.05) is 18.2 Å². The van der Waals surface area contributed by atoms with E-state index in [1.165, 1.54) is 18.2 Å². The van der Waals surface area contributed by atoms with E-state index in [9.17, 15) is 9.18 Å². The predicted octanol–water partition coefficient (Wildman–Crippen LogP) is 3.22. The van der Waals surface area contributed by atoms with Crippen molar-refractivity contribution in [1.29, 1.82) is 0 Å². The molecule has 0 radical (unpaired) electrons. The van der Waals surface area contributed by atoms with Gasteiger partial charge in [-0.3, -0.25) is 4.79 Å². The van der Waals surface area contributed by atoms with Crippen LogP contribution in [0.15, 0.2) is 47.9 Å². The molecule has 92 valence electrons. The second kappa shape index (κ2) is 6.12. The molecule has 0 aliphatic carbocycles. The lowest BCUT2D eigenvalue weighted by atomic mass is 10.2. The topological polar surface area (TPSA) is 29.1 Å². The highest BCUT2D eigenvalue weighted by Gasteiger charge is 1.97. The molecule has 2 rings (SSSR count). The summed E-state index contributed by atoms with van der Waals surface area (Å²) in [5, 5.41) is 4.69. The van der Waals surface area contributed by atoms with Crippen LogP contribution in [0, 0.1) is 5.82 Å². The Bertz CT molecular complexity index is 531. The molecule has 0 fully saturated rings. The fourth-order valence-electron chi connectivity index (χ4n) is 1.39. The van der Waals surface area contributed by atoms with Crippen LogP contribution >= 0.6 is 11.3 Å². The van der Waals surface area contributed by atoms with E-state index in [-0.39, 0.29) is 11.7 Å². The van der Waals surface area contributed by atoms with Gasteiger partial charge in [-0.2, -0.15) is 0 Å². The Hall–Kier alpha value is -1.94. The van der Waals surface area contributed by atoms with Gasteiger partial charge in [0.15, 0.2) is 0 Å². The largest absolute Gasteiger partial charge is 0.348 e. The Balaban J connectivity index is 1.83. The SMILES string of the molecule is O=C(C=Cc1cccs1)NCc1ccc(F)cc1. The summed E-state index contributed by atoms with van der Waals surface area (Å²) in [6, 6.07) is 9.93. The zero-order chi connectivity index (χ0) is 12.8. The smallest absolute Gasteiger partial charge is 0.244 e. The molecule has 0 aliphatic heterocycles. The van der Waals surface area contributed by atoms with Crippen molar-refractivity contribution >= 4 is 23.3 Å². The molecule has 1 heterocycles. The van der Waals surface area contributed by atoms with Crippen molar-refractivity contribution in [3.63, 3.8) is 0 Å². The summed E-state index contributed by atoms with van der Waals surface area (Å²) >= 11 is 1.57. The molecule has 0 saturated heterocycles. The fraction of sp³-hybridized carbons (Fsp3) is 0.0714.